The summed E-state index contributed by atoms with van der Waals surface area (Å²) >= 11 is 0. The number of fused-ring (bicyclic) bond motifs is 1. The molecule has 0 aliphatic rings. The van der Waals surface area contributed by atoms with Crippen LogP contribution in [0.5, 0.6) is 0 Å². The molecule has 0 aliphatic carbocycles. The maximum atomic E-state index is 10.7. The molecule has 0 aliphatic heterocycles. The van der Waals surface area contributed by atoms with Crippen molar-refractivity contribution in [1.29, 1.82) is 0 Å². The summed E-state index contributed by atoms with van der Waals surface area (Å²) in [5.41, 5.74) is 2.84. The van der Waals surface area contributed by atoms with E-state index >= 15 is 0 Å². The number of aryl methyl sites for hydroxylation is 1. The lowest BCUT2D eigenvalue weighted by Gasteiger charge is -2.03. The molecule has 0 atom stereocenters. The molecule has 0 saturated carbocycles. The second-order valence-electron chi connectivity index (χ2n) is 5.16. The van der Waals surface area contributed by atoms with Crippen LogP contribution in [0.2, 0.25) is 0 Å². The average Bonchev–Trinajstić information content (AvgIpc) is 2.92. The third-order valence-corrected chi connectivity index (χ3v) is 3.51. The third-order valence-electron chi connectivity index (χ3n) is 3.51. The average molecular weight is 308 g/mol. The van der Waals surface area contributed by atoms with Gasteiger partial charge in [-0.1, -0.05) is 19.1 Å². The van der Waals surface area contributed by atoms with Gasteiger partial charge in [0.2, 0.25) is 5.95 Å². The van der Waals surface area contributed by atoms with E-state index in [-0.39, 0.29) is 5.69 Å². The summed E-state index contributed by atoms with van der Waals surface area (Å²) < 4.78 is 2.08. The Hall–Kier alpha value is -3.02. The van der Waals surface area contributed by atoms with E-state index in [2.05, 4.69) is 21.5 Å². The smallest absolute Gasteiger partial charge is 0.269 e. The van der Waals surface area contributed by atoms with Gasteiger partial charge in [-0.2, -0.15) is 0 Å². The lowest BCUT2D eigenvalue weighted by Crippen LogP contribution is -1.96. The third kappa shape index (κ3) is 3.11. The molecule has 1 aromatic heterocycles. The van der Waals surface area contributed by atoms with Crippen LogP contribution >= 0.6 is 0 Å². The molecule has 0 spiro atoms. The number of nitrogens with zero attached hydrogens (tertiary/aromatic N) is 4. The molecular weight excluding hydrogens is 292 g/mol. The number of nitro benzene ring substituents is 1. The molecule has 0 saturated heterocycles. The first kappa shape index (κ1) is 14.9. The largest absolute Gasteiger partial charge is 0.308 e. The van der Waals surface area contributed by atoms with Gasteiger partial charge in [0.25, 0.3) is 5.69 Å². The van der Waals surface area contributed by atoms with E-state index < -0.39 is 4.92 Å². The highest BCUT2D eigenvalue weighted by Gasteiger charge is 2.08. The number of hydrogen-bond donors (Lipinski definition) is 0. The molecule has 116 valence electrons. The summed E-state index contributed by atoms with van der Waals surface area (Å²) in [5.74, 6) is 0.645. The molecule has 0 fully saturated rings. The predicted octanol–water partition coefficient (Wildman–Crippen LogP) is 4.11. The van der Waals surface area contributed by atoms with Crippen LogP contribution in [0, 0.1) is 10.1 Å². The van der Waals surface area contributed by atoms with Crippen molar-refractivity contribution in [1.82, 2.24) is 9.55 Å². The number of para-hydroxylation sites is 2. The summed E-state index contributed by atoms with van der Waals surface area (Å²) in [5, 5.41) is 10.7. The fraction of sp³-hybridized carbons (Fsp3) is 0.176. The molecule has 0 N–H and O–H groups in total. The minimum atomic E-state index is -0.415. The zero-order chi connectivity index (χ0) is 16.2. The summed E-state index contributed by atoms with van der Waals surface area (Å²) in [7, 11) is 0. The molecule has 0 unspecified atom stereocenters. The Labute approximate surface area is 133 Å². The van der Waals surface area contributed by atoms with Crippen molar-refractivity contribution in [3.63, 3.8) is 0 Å². The van der Waals surface area contributed by atoms with E-state index in [0.29, 0.717) is 5.95 Å². The molecule has 3 rings (SSSR count). The lowest BCUT2D eigenvalue weighted by atomic mass is 10.2. The topological polar surface area (TPSA) is 73.3 Å². The second kappa shape index (κ2) is 6.39. The highest BCUT2D eigenvalue weighted by molar-refractivity contribution is 5.84. The highest BCUT2D eigenvalue weighted by Crippen LogP contribution is 2.22. The van der Waals surface area contributed by atoms with Gasteiger partial charge in [0.1, 0.15) is 0 Å². The Morgan fingerprint density at radius 1 is 1.22 bits per heavy atom. The molecule has 2 aromatic carbocycles. The van der Waals surface area contributed by atoms with Gasteiger partial charge in [0.15, 0.2) is 0 Å². The van der Waals surface area contributed by atoms with Crippen molar-refractivity contribution >= 4 is 28.9 Å². The van der Waals surface area contributed by atoms with E-state index in [9.17, 15) is 10.1 Å². The normalized spacial score (nSPS) is 11.3. The number of aromatic nitrogens is 2. The van der Waals surface area contributed by atoms with E-state index in [0.717, 1.165) is 29.6 Å². The van der Waals surface area contributed by atoms with Crippen LogP contribution in [0.15, 0.2) is 53.5 Å². The molecule has 23 heavy (non-hydrogen) atoms. The Kier molecular flexibility index (Phi) is 4.14. The van der Waals surface area contributed by atoms with Gasteiger partial charge in [-0.3, -0.25) is 10.1 Å². The number of non-ortho nitro benzene ring substituents is 1. The minimum Gasteiger partial charge on any atom is -0.308 e. The van der Waals surface area contributed by atoms with Crippen LogP contribution in [0.3, 0.4) is 0 Å². The van der Waals surface area contributed by atoms with E-state index in [1.54, 1.807) is 18.3 Å². The van der Waals surface area contributed by atoms with Crippen molar-refractivity contribution in [2.24, 2.45) is 4.99 Å². The first-order valence-corrected chi connectivity index (χ1v) is 7.43. The van der Waals surface area contributed by atoms with Gasteiger partial charge in [-0.25, -0.2) is 9.98 Å². The standard InChI is InChI=1S/C17H16N4O2/c1-2-11-20-16-6-4-3-5-15(16)19-17(20)18-12-13-7-9-14(10-8-13)21(22)23/h3-10,12H,2,11H2,1H3/b18-12+. The van der Waals surface area contributed by atoms with Crippen molar-refractivity contribution in [2.75, 3.05) is 0 Å². The molecule has 0 amide bonds. The van der Waals surface area contributed by atoms with Gasteiger partial charge in [0.05, 0.1) is 16.0 Å². The summed E-state index contributed by atoms with van der Waals surface area (Å²) in [6.07, 6.45) is 2.66. The summed E-state index contributed by atoms with van der Waals surface area (Å²) in [6.45, 7) is 2.95. The van der Waals surface area contributed by atoms with Crippen LogP contribution in [-0.2, 0) is 6.54 Å². The van der Waals surface area contributed by atoms with Crippen LogP contribution < -0.4 is 0 Å². The van der Waals surface area contributed by atoms with Crippen LogP contribution in [0.4, 0.5) is 11.6 Å². The molecular formula is C17H16N4O2. The molecule has 1 heterocycles. The summed E-state index contributed by atoms with van der Waals surface area (Å²) in [6, 6.07) is 14.2. The number of hydrogen-bond acceptors (Lipinski definition) is 4. The zero-order valence-electron chi connectivity index (χ0n) is 12.7. The number of rotatable bonds is 5. The van der Waals surface area contributed by atoms with Crippen molar-refractivity contribution in [3.8, 4) is 0 Å². The van der Waals surface area contributed by atoms with E-state index in [4.69, 9.17) is 0 Å². The first-order valence-electron chi connectivity index (χ1n) is 7.43. The number of aliphatic imine (C=N–C) groups is 1. The van der Waals surface area contributed by atoms with E-state index in [1.807, 2.05) is 24.3 Å². The van der Waals surface area contributed by atoms with Gasteiger partial charge < -0.3 is 4.57 Å². The number of imidazole rings is 1. The lowest BCUT2D eigenvalue weighted by molar-refractivity contribution is -0.384. The Morgan fingerprint density at radius 3 is 2.65 bits per heavy atom. The van der Waals surface area contributed by atoms with Gasteiger partial charge in [0, 0.05) is 24.9 Å². The van der Waals surface area contributed by atoms with Crippen molar-refractivity contribution in [3.05, 3.63) is 64.2 Å². The second-order valence-corrected chi connectivity index (χ2v) is 5.16. The SMILES string of the molecule is CCCn1c(/N=C/c2ccc([N+](=O)[O-])cc2)nc2ccccc21. The molecule has 6 nitrogen and oxygen atoms in total. The Bertz CT molecular complexity index is 866. The Balaban J connectivity index is 1.93. The number of benzene rings is 2. The highest BCUT2D eigenvalue weighted by atomic mass is 16.6. The molecule has 3 aromatic rings. The fourth-order valence-corrected chi connectivity index (χ4v) is 2.42. The fourth-order valence-electron chi connectivity index (χ4n) is 2.42. The predicted molar refractivity (Wildman–Crippen MR) is 90.4 cm³/mol. The quantitative estimate of drug-likeness (QED) is 0.404. The Morgan fingerprint density at radius 2 is 1.96 bits per heavy atom. The van der Waals surface area contributed by atoms with Crippen LogP contribution in [-0.4, -0.2) is 20.7 Å². The van der Waals surface area contributed by atoms with Gasteiger partial charge >= 0.3 is 0 Å². The summed E-state index contributed by atoms with van der Waals surface area (Å²) in [4.78, 5) is 19.3. The zero-order valence-corrected chi connectivity index (χ0v) is 12.7. The van der Waals surface area contributed by atoms with Crippen LogP contribution in [0.25, 0.3) is 11.0 Å². The van der Waals surface area contributed by atoms with Crippen LogP contribution in [0.1, 0.15) is 18.9 Å². The number of nitro groups is 1. The first-order chi connectivity index (χ1) is 11.2. The molecule has 0 bridgehead atoms. The maximum absolute atomic E-state index is 10.7. The molecule has 6 heteroatoms. The monoisotopic (exact) mass is 308 g/mol. The van der Waals surface area contributed by atoms with Gasteiger partial charge in [-0.15, -0.1) is 0 Å². The minimum absolute atomic E-state index is 0.0698. The van der Waals surface area contributed by atoms with Crippen molar-refractivity contribution in [2.45, 2.75) is 19.9 Å². The molecule has 0 radical (unpaired) electrons. The van der Waals surface area contributed by atoms with Gasteiger partial charge in [-0.05, 0) is 36.2 Å². The maximum Gasteiger partial charge on any atom is 0.269 e. The van der Waals surface area contributed by atoms with Crippen molar-refractivity contribution < 1.29 is 4.92 Å². The van der Waals surface area contributed by atoms with E-state index in [1.165, 1.54) is 12.1 Å².